The van der Waals surface area contributed by atoms with Crippen molar-refractivity contribution in [1.29, 1.82) is 0 Å². The summed E-state index contributed by atoms with van der Waals surface area (Å²) in [4.78, 5) is 11.0. The lowest BCUT2D eigenvalue weighted by molar-refractivity contribution is -0.120. The molecule has 0 spiro atoms. The molecular weight excluding hydrogens is 164 g/mol. The maximum absolute atomic E-state index is 11.0. The van der Waals surface area contributed by atoms with Gasteiger partial charge in [-0.15, -0.1) is 11.8 Å². The minimum atomic E-state index is 0.116. The predicted molar refractivity (Wildman–Crippen MR) is 50.6 cm³/mol. The Bertz CT molecular complexity index is 141. The maximum Gasteiger partial charge on any atom is 0.141 e. The van der Waals surface area contributed by atoms with Gasteiger partial charge in [-0.3, -0.25) is 4.79 Å². The maximum atomic E-state index is 11.0. The Hall–Kier alpha value is 0.110. The largest absolute Gasteiger partial charge is 0.299 e. The molecule has 0 amide bonds. The van der Waals surface area contributed by atoms with E-state index in [1.54, 1.807) is 0 Å². The number of hydrogen-bond donors (Lipinski definition) is 0. The zero-order valence-electron chi connectivity index (χ0n) is 6.51. The normalized spacial score (nSPS) is 10.0. The van der Waals surface area contributed by atoms with E-state index in [0.717, 1.165) is 4.20 Å². The molecule has 10 heavy (non-hydrogen) atoms. The summed E-state index contributed by atoms with van der Waals surface area (Å²) in [6, 6.07) is 0. The summed E-state index contributed by atoms with van der Waals surface area (Å²) in [7, 11) is 0. The molecule has 0 aliphatic carbocycles. The van der Waals surface area contributed by atoms with Crippen molar-refractivity contribution in [2.45, 2.75) is 20.3 Å². The lowest BCUT2D eigenvalue weighted by Gasteiger charge is -2.01. The van der Waals surface area contributed by atoms with Gasteiger partial charge in [0.2, 0.25) is 0 Å². The Balaban J connectivity index is 3.69. The third-order valence-electron chi connectivity index (χ3n) is 1.19. The summed E-state index contributed by atoms with van der Waals surface area (Å²) in [5.41, 5.74) is 0. The van der Waals surface area contributed by atoms with Crippen molar-refractivity contribution in [3.05, 3.63) is 0 Å². The number of thiocarbonyl (C=S) groups is 1. The molecule has 0 radical (unpaired) electrons. The van der Waals surface area contributed by atoms with Crippen molar-refractivity contribution in [3.63, 3.8) is 0 Å². The summed E-state index contributed by atoms with van der Waals surface area (Å²) >= 11 is 6.37. The fraction of sp³-hybridized carbons (Fsp3) is 0.714. The molecule has 0 aromatic rings. The number of carbonyl (C=O) groups excluding carboxylic acids is 1. The number of ketones is 1. The molecule has 0 rings (SSSR count). The standard InChI is InChI=1S/C7H12OS2/c1-5(2)6(8)4-7(9)10-3/h5H,4H2,1-3H3. The molecule has 0 aliphatic heterocycles. The van der Waals surface area contributed by atoms with Crippen LogP contribution in [0, 0.1) is 5.92 Å². The van der Waals surface area contributed by atoms with Crippen LogP contribution in [0.25, 0.3) is 0 Å². The molecule has 0 fully saturated rings. The Morgan fingerprint density at radius 3 is 2.40 bits per heavy atom. The Kier molecular flexibility index (Phi) is 4.91. The highest BCUT2D eigenvalue weighted by Gasteiger charge is 2.08. The second kappa shape index (κ2) is 4.85. The summed E-state index contributed by atoms with van der Waals surface area (Å²) in [5.74, 6) is 0.351. The van der Waals surface area contributed by atoms with Crippen LogP contribution in [0.4, 0.5) is 0 Å². The Morgan fingerprint density at radius 2 is 2.10 bits per heavy atom. The first-order valence-corrected chi connectivity index (χ1v) is 4.80. The zero-order valence-corrected chi connectivity index (χ0v) is 8.14. The first kappa shape index (κ1) is 10.1. The molecule has 0 bridgehead atoms. The molecule has 0 aromatic heterocycles. The summed E-state index contributed by atoms with van der Waals surface area (Å²) in [6.45, 7) is 3.79. The van der Waals surface area contributed by atoms with Crippen molar-refractivity contribution in [3.8, 4) is 0 Å². The van der Waals surface area contributed by atoms with E-state index in [0.29, 0.717) is 6.42 Å². The monoisotopic (exact) mass is 176 g/mol. The van der Waals surface area contributed by atoms with E-state index in [9.17, 15) is 4.79 Å². The summed E-state index contributed by atoms with van der Waals surface area (Å²) in [5, 5.41) is 0. The van der Waals surface area contributed by atoms with E-state index in [1.165, 1.54) is 11.8 Å². The highest BCUT2D eigenvalue weighted by molar-refractivity contribution is 8.22. The topological polar surface area (TPSA) is 17.1 Å². The predicted octanol–water partition coefficient (Wildman–Crippen LogP) is 2.29. The molecule has 0 heterocycles. The Labute approximate surface area is 71.6 Å². The lowest BCUT2D eigenvalue weighted by atomic mass is 10.1. The number of rotatable bonds is 3. The number of thioether (sulfide) groups is 1. The zero-order chi connectivity index (χ0) is 8.15. The quantitative estimate of drug-likeness (QED) is 0.614. The van der Waals surface area contributed by atoms with Crippen molar-refractivity contribution < 1.29 is 4.79 Å². The van der Waals surface area contributed by atoms with E-state index in [1.807, 2.05) is 20.1 Å². The van der Waals surface area contributed by atoms with Gasteiger partial charge in [-0.1, -0.05) is 26.1 Å². The van der Waals surface area contributed by atoms with E-state index in [-0.39, 0.29) is 11.7 Å². The molecule has 0 unspecified atom stereocenters. The SMILES string of the molecule is CSC(=S)CC(=O)C(C)C. The third-order valence-corrected chi connectivity index (χ3v) is 2.43. The van der Waals surface area contributed by atoms with Crippen LogP contribution in [0.1, 0.15) is 20.3 Å². The summed E-state index contributed by atoms with van der Waals surface area (Å²) < 4.78 is 0.790. The van der Waals surface area contributed by atoms with Gasteiger partial charge in [0, 0.05) is 12.3 Å². The fourth-order valence-electron chi connectivity index (χ4n) is 0.419. The number of Topliss-reactive ketones (excluding diaryl/α,β-unsaturated/α-hetero) is 1. The molecule has 3 heteroatoms. The van der Waals surface area contributed by atoms with Crippen LogP contribution in [0.3, 0.4) is 0 Å². The molecule has 0 N–H and O–H groups in total. The van der Waals surface area contributed by atoms with E-state index >= 15 is 0 Å². The Morgan fingerprint density at radius 1 is 1.60 bits per heavy atom. The van der Waals surface area contributed by atoms with E-state index in [2.05, 4.69) is 0 Å². The second-order valence-corrected chi connectivity index (χ2v) is 4.03. The molecule has 0 saturated carbocycles. The molecule has 58 valence electrons. The first-order valence-electron chi connectivity index (χ1n) is 3.17. The molecule has 1 nitrogen and oxygen atoms in total. The van der Waals surface area contributed by atoms with Gasteiger partial charge in [0.05, 0.1) is 4.20 Å². The van der Waals surface area contributed by atoms with Crippen LogP contribution >= 0.6 is 24.0 Å². The van der Waals surface area contributed by atoms with Gasteiger partial charge in [0.25, 0.3) is 0 Å². The third kappa shape index (κ3) is 4.01. The highest BCUT2D eigenvalue weighted by atomic mass is 32.2. The van der Waals surface area contributed by atoms with Gasteiger partial charge in [-0.2, -0.15) is 0 Å². The van der Waals surface area contributed by atoms with Crippen LogP contribution in [-0.2, 0) is 4.79 Å². The fourth-order valence-corrected chi connectivity index (χ4v) is 0.847. The minimum absolute atomic E-state index is 0.116. The van der Waals surface area contributed by atoms with Crippen LogP contribution in [0.5, 0.6) is 0 Å². The first-order chi connectivity index (χ1) is 4.57. The molecule has 0 atom stereocenters. The average molecular weight is 176 g/mol. The van der Waals surface area contributed by atoms with Gasteiger partial charge in [-0.25, -0.2) is 0 Å². The van der Waals surface area contributed by atoms with Crippen molar-refractivity contribution in [2.24, 2.45) is 5.92 Å². The van der Waals surface area contributed by atoms with Gasteiger partial charge >= 0.3 is 0 Å². The van der Waals surface area contributed by atoms with E-state index < -0.39 is 0 Å². The molecule has 0 saturated heterocycles. The molecule has 0 aromatic carbocycles. The number of carbonyl (C=O) groups is 1. The van der Waals surface area contributed by atoms with Gasteiger partial charge in [0.15, 0.2) is 0 Å². The van der Waals surface area contributed by atoms with E-state index in [4.69, 9.17) is 12.2 Å². The van der Waals surface area contributed by atoms with Crippen molar-refractivity contribution in [2.75, 3.05) is 6.26 Å². The van der Waals surface area contributed by atoms with Gasteiger partial charge in [-0.05, 0) is 6.26 Å². The highest BCUT2D eigenvalue weighted by Crippen LogP contribution is 2.07. The van der Waals surface area contributed by atoms with Crippen LogP contribution < -0.4 is 0 Å². The van der Waals surface area contributed by atoms with Crippen LogP contribution in [0.15, 0.2) is 0 Å². The van der Waals surface area contributed by atoms with Crippen molar-refractivity contribution >= 4 is 34.0 Å². The lowest BCUT2D eigenvalue weighted by Crippen LogP contribution is -2.09. The summed E-state index contributed by atoms with van der Waals surface area (Å²) in [6.07, 6.45) is 2.35. The average Bonchev–Trinajstić information content (AvgIpc) is 1.87. The van der Waals surface area contributed by atoms with Crippen molar-refractivity contribution in [1.82, 2.24) is 0 Å². The van der Waals surface area contributed by atoms with Gasteiger partial charge in [0.1, 0.15) is 5.78 Å². The van der Waals surface area contributed by atoms with Crippen LogP contribution in [0.2, 0.25) is 0 Å². The minimum Gasteiger partial charge on any atom is -0.299 e. The molecular formula is C7H12OS2. The molecule has 0 aliphatic rings. The second-order valence-electron chi connectivity index (χ2n) is 2.37. The van der Waals surface area contributed by atoms with Crippen LogP contribution in [-0.4, -0.2) is 16.2 Å². The smallest absolute Gasteiger partial charge is 0.141 e. The number of hydrogen-bond acceptors (Lipinski definition) is 3. The van der Waals surface area contributed by atoms with Gasteiger partial charge < -0.3 is 0 Å².